The van der Waals surface area contributed by atoms with Crippen LogP contribution >= 0.6 is 11.6 Å². The summed E-state index contributed by atoms with van der Waals surface area (Å²) in [5.74, 6) is 0.239. The molecule has 20 heavy (non-hydrogen) atoms. The molecule has 0 spiro atoms. The second-order valence-corrected chi connectivity index (χ2v) is 5.28. The molecule has 112 valence electrons. The Bertz CT molecular complexity index is 463. The molecule has 0 atom stereocenters. The number of anilines is 1. The van der Waals surface area contributed by atoms with Gasteiger partial charge in [-0.3, -0.25) is 0 Å². The van der Waals surface area contributed by atoms with Gasteiger partial charge in [0.25, 0.3) is 0 Å². The Morgan fingerprint density at radius 2 is 2.05 bits per heavy atom. The van der Waals surface area contributed by atoms with E-state index < -0.39 is 11.7 Å². The van der Waals surface area contributed by atoms with Crippen molar-refractivity contribution in [2.45, 2.75) is 37.9 Å². The Morgan fingerprint density at radius 3 is 2.55 bits per heavy atom. The van der Waals surface area contributed by atoms with Gasteiger partial charge in [0.15, 0.2) is 0 Å². The van der Waals surface area contributed by atoms with E-state index in [-0.39, 0.29) is 23.6 Å². The number of nitrogens with zero attached hydrogens (tertiary/aromatic N) is 2. The van der Waals surface area contributed by atoms with Gasteiger partial charge in [-0.05, 0) is 37.8 Å². The Hall–Kier alpha value is -1.01. The van der Waals surface area contributed by atoms with Gasteiger partial charge in [-0.15, -0.1) is 0 Å². The maximum absolute atomic E-state index is 12.8. The summed E-state index contributed by atoms with van der Waals surface area (Å²) in [7, 11) is 0. The van der Waals surface area contributed by atoms with Crippen LogP contribution in [0.5, 0.6) is 0 Å². The lowest BCUT2D eigenvalue weighted by molar-refractivity contribution is -0.137. The van der Waals surface area contributed by atoms with Crippen molar-refractivity contribution in [3.8, 4) is 0 Å². The Balaban J connectivity index is 2.29. The SMILES string of the molecule is OCCCN(c1cc(C(F)(F)F)cc(Cl)n1)C1CCC1. The highest BCUT2D eigenvalue weighted by Gasteiger charge is 2.33. The third kappa shape index (κ3) is 3.55. The summed E-state index contributed by atoms with van der Waals surface area (Å²) in [5, 5.41) is 8.76. The van der Waals surface area contributed by atoms with Crippen molar-refractivity contribution in [3.05, 3.63) is 22.8 Å². The molecule has 0 radical (unpaired) electrons. The molecular weight excluding hydrogens is 293 g/mol. The van der Waals surface area contributed by atoms with Crippen LogP contribution < -0.4 is 4.90 Å². The van der Waals surface area contributed by atoms with Crippen LogP contribution in [0.3, 0.4) is 0 Å². The highest BCUT2D eigenvalue weighted by Crippen LogP contribution is 2.35. The van der Waals surface area contributed by atoms with Gasteiger partial charge in [0, 0.05) is 19.2 Å². The quantitative estimate of drug-likeness (QED) is 0.846. The third-order valence-electron chi connectivity index (χ3n) is 3.47. The topological polar surface area (TPSA) is 36.4 Å². The number of pyridine rings is 1. The van der Waals surface area contributed by atoms with Gasteiger partial charge >= 0.3 is 6.18 Å². The van der Waals surface area contributed by atoms with Crippen LogP contribution in [0.2, 0.25) is 5.15 Å². The molecule has 0 amide bonds. The summed E-state index contributed by atoms with van der Waals surface area (Å²) in [6, 6.07) is 2.05. The molecule has 1 aromatic heterocycles. The molecule has 1 N–H and O–H groups in total. The first-order valence-corrected chi connectivity index (χ1v) is 6.92. The van der Waals surface area contributed by atoms with Crippen molar-refractivity contribution in [2.75, 3.05) is 18.1 Å². The summed E-state index contributed by atoms with van der Waals surface area (Å²) < 4.78 is 38.4. The molecule has 7 heteroatoms. The molecule has 1 aliphatic carbocycles. The predicted molar refractivity (Wildman–Crippen MR) is 70.9 cm³/mol. The van der Waals surface area contributed by atoms with Crippen LogP contribution in [0.25, 0.3) is 0 Å². The summed E-state index contributed by atoms with van der Waals surface area (Å²) in [6.07, 6.45) is -1.02. The normalized spacial score (nSPS) is 16.1. The van der Waals surface area contributed by atoms with Crippen LogP contribution in [-0.2, 0) is 6.18 Å². The first-order chi connectivity index (χ1) is 9.41. The minimum atomic E-state index is -4.44. The molecule has 1 aliphatic rings. The standard InChI is InChI=1S/C13H16ClF3N2O/c14-11-7-9(13(15,16)17)8-12(18-11)19(5-2-6-20)10-3-1-4-10/h7-8,10,20H,1-6H2. The average molecular weight is 309 g/mol. The molecule has 0 bridgehead atoms. The lowest BCUT2D eigenvalue weighted by Crippen LogP contribution is -2.41. The number of hydrogen-bond acceptors (Lipinski definition) is 3. The number of alkyl halides is 3. The smallest absolute Gasteiger partial charge is 0.396 e. The van der Waals surface area contributed by atoms with Crippen LogP contribution in [-0.4, -0.2) is 29.3 Å². The van der Waals surface area contributed by atoms with Crippen LogP contribution in [0.1, 0.15) is 31.2 Å². The maximum atomic E-state index is 12.8. The molecule has 1 heterocycles. The maximum Gasteiger partial charge on any atom is 0.416 e. The van der Waals surface area contributed by atoms with E-state index >= 15 is 0 Å². The number of aliphatic hydroxyl groups excluding tert-OH is 1. The average Bonchev–Trinajstić information content (AvgIpc) is 2.30. The summed E-state index contributed by atoms with van der Waals surface area (Å²) in [5.41, 5.74) is -0.791. The Morgan fingerprint density at radius 1 is 1.35 bits per heavy atom. The van der Waals surface area contributed by atoms with Crippen LogP contribution in [0.15, 0.2) is 12.1 Å². The fraction of sp³-hybridized carbons (Fsp3) is 0.615. The van der Waals surface area contributed by atoms with Crippen molar-refractivity contribution in [1.82, 2.24) is 4.98 Å². The van der Waals surface area contributed by atoms with E-state index in [0.717, 1.165) is 31.4 Å². The summed E-state index contributed by atoms with van der Waals surface area (Å²) in [4.78, 5) is 5.83. The molecule has 1 aromatic rings. The minimum Gasteiger partial charge on any atom is -0.396 e. The highest BCUT2D eigenvalue weighted by molar-refractivity contribution is 6.29. The molecule has 0 saturated heterocycles. The molecule has 1 fully saturated rings. The minimum absolute atomic E-state index is 0.00405. The molecule has 0 aliphatic heterocycles. The van der Waals surface area contributed by atoms with Crippen molar-refractivity contribution in [3.63, 3.8) is 0 Å². The van der Waals surface area contributed by atoms with E-state index in [0.29, 0.717) is 13.0 Å². The Labute approximate surface area is 120 Å². The number of aromatic nitrogens is 1. The number of rotatable bonds is 5. The lowest BCUT2D eigenvalue weighted by atomic mass is 9.91. The van der Waals surface area contributed by atoms with Gasteiger partial charge in [-0.2, -0.15) is 13.2 Å². The van der Waals surface area contributed by atoms with E-state index in [4.69, 9.17) is 16.7 Å². The monoisotopic (exact) mass is 308 g/mol. The van der Waals surface area contributed by atoms with E-state index in [1.165, 1.54) is 0 Å². The highest BCUT2D eigenvalue weighted by atomic mass is 35.5. The summed E-state index contributed by atoms with van der Waals surface area (Å²) >= 11 is 5.71. The molecular formula is C13H16ClF3N2O. The van der Waals surface area contributed by atoms with Crippen LogP contribution in [0.4, 0.5) is 19.0 Å². The number of hydrogen-bond donors (Lipinski definition) is 1. The lowest BCUT2D eigenvalue weighted by Gasteiger charge is -2.38. The first kappa shape index (κ1) is 15.4. The van der Waals surface area contributed by atoms with Gasteiger partial charge in [-0.1, -0.05) is 11.6 Å². The van der Waals surface area contributed by atoms with Crippen molar-refractivity contribution in [1.29, 1.82) is 0 Å². The zero-order valence-electron chi connectivity index (χ0n) is 10.8. The number of halogens is 4. The van der Waals surface area contributed by atoms with E-state index in [1.54, 1.807) is 0 Å². The van der Waals surface area contributed by atoms with Crippen molar-refractivity contribution in [2.24, 2.45) is 0 Å². The molecule has 0 unspecified atom stereocenters. The molecule has 1 saturated carbocycles. The second kappa shape index (κ2) is 6.18. The fourth-order valence-corrected chi connectivity index (χ4v) is 2.42. The fourth-order valence-electron chi connectivity index (χ4n) is 2.22. The van der Waals surface area contributed by atoms with E-state index in [9.17, 15) is 13.2 Å². The second-order valence-electron chi connectivity index (χ2n) is 4.89. The van der Waals surface area contributed by atoms with Crippen molar-refractivity contribution < 1.29 is 18.3 Å². The van der Waals surface area contributed by atoms with Gasteiger partial charge in [0.1, 0.15) is 11.0 Å². The Kier molecular flexibility index (Phi) is 4.75. The zero-order chi connectivity index (χ0) is 14.8. The van der Waals surface area contributed by atoms with Crippen LogP contribution in [0, 0.1) is 0 Å². The third-order valence-corrected chi connectivity index (χ3v) is 3.67. The largest absolute Gasteiger partial charge is 0.416 e. The van der Waals surface area contributed by atoms with Gasteiger partial charge in [0.05, 0.1) is 5.56 Å². The molecule has 3 nitrogen and oxygen atoms in total. The molecule has 2 rings (SSSR count). The van der Waals surface area contributed by atoms with Gasteiger partial charge in [0.2, 0.25) is 0 Å². The first-order valence-electron chi connectivity index (χ1n) is 6.54. The van der Waals surface area contributed by atoms with Crippen molar-refractivity contribution >= 4 is 17.4 Å². The summed E-state index contributed by atoms with van der Waals surface area (Å²) in [6.45, 7) is 0.474. The van der Waals surface area contributed by atoms with Gasteiger partial charge < -0.3 is 10.0 Å². The van der Waals surface area contributed by atoms with E-state index in [1.807, 2.05) is 4.90 Å². The predicted octanol–water partition coefficient (Wildman–Crippen LogP) is 3.50. The molecule has 0 aromatic carbocycles. The zero-order valence-corrected chi connectivity index (χ0v) is 11.6. The van der Waals surface area contributed by atoms with Gasteiger partial charge in [-0.25, -0.2) is 4.98 Å². The van der Waals surface area contributed by atoms with E-state index in [2.05, 4.69) is 4.98 Å². The number of aliphatic hydroxyl groups is 1.